The third-order valence-electron chi connectivity index (χ3n) is 3.24. The molecule has 21 heavy (non-hydrogen) atoms. The van der Waals surface area contributed by atoms with Gasteiger partial charge in [0.25, 0.3) is 11.8 Å². The topological polar surface area (TPSA) is 66.9 Å². The maximum Gasteiger partial charge on any atom is 0.306 e. The van der Waals surface area contributed by atoms with Crippen LogP contribution in [0.4, 0.5) is 5.69 Å². The quantitative estimate of drug-likeness (QED) is 0.619. The molecule has 2 amide bonds. The summed E-state index contributed by atoms with van der Waals surface area (Å²) in [5.74, 6) is -2.04. The Labute approximate surface area is 127 Å². The number of carbonyl (C=O) groups is 3. The lowest BCUT2D eigenvalue weighted by molar-refractivity contribution is -0.143. The molecule has 1 unspecified atom stereocenters. The van der Waals surface area contributed by atoms with Gasteiger partial charge in [0.1, 0.15) is 5.88 Å². The second-order valence-corrected chi connectivity index (χ2v) is 4.84. The van der Waals surface area contributed by atoms with Gasteiger partial charge in [-0.1, -0.05) is 18.2 Å². The van der Waals surface area contributed by atoms with Crippen LogP contribution in [0.15, 0.2) is 30.3 Å². The van der Waals surface area contributed by atoms with E-state index in [2.05, 4.69) is 4.74 Å². The van der Waals surface area contributed by atoms with E-state index in [1.807, 2.05) is 6.07 Å². The number of hydrazine groups is 1. The van der Waals surface area contributed by atoms with Crippen molar-refractivity contribution in [1.29, 1.82) is 0 Å². The summed E-state index contributed by atoms with van der Waals surface area (Å²) in [7, 11) is 1.26. The number of rotatable bonds is 4. The molecule has 1 aromatic carbocycles. The molecule has 1 atom stereocenters. The fraction of sp³-hybridized carbons (Fsp3) is 0.357. The maximum atomic E-state index is 12.5. The second kappa shape index (κ2) is 6.58. The minimum absolute atomic E-state index is 0.0647. The van der Waals surface area contributed by atoms with Gasteiger partial charge < -0.3 is 4.74 Å². The van der Waals surface area contributed by atoms with Gasteiger partial charge in [-0.2, -0.15) is 0 Å². The smallest absolute Gasteiger partial charge is 0.306 e. The van der Waals surface area contributed by atoms with E-state index in [9.17, 15) is 14.4 Å². The van der Waals surface area contributed by atoms with Gasteiger partial charge in [-0.25, -0.2) is 10.0 Å². The SMILES string of the molecule is COC(=O)CC1CN(C(=O)CCl)N(c2ccccc2)C1=O. The molecule has 7 heteroatoms. The van der Waals surface area contributed by atoms with Crippen LogP contribution in [0.25, 0.3) is 0 Å². The van der Waals surface area contributed by atoms with Crippen LogP contribution in [0, 0.1) is 5.92 Å². The Kier molecular flexibility index (Phi) is 4.80. The third-order valence-corrected chi connectivity index (χ3v) is 3.47. The summed E-state index contributed by atoms with van der Waals surface area (Å²) >= 11 is 5.59. The average molecular weight is 311 g/mol. The number of amides is 2. The van der Waals surface area contributed by atoms with Gasteiger partial charge >= 0.3 is 5.97 Å². The lowest BCUT2D eigenvalue weighted by atomic mass is 10.1. The molecule has 1 heterocycles. The van der Waals surface area contributed by atoms with E-state index < -0.39 is 11.9 Å². The summed E-state index contributed by atoms with van der Waals surface area (Å²) in [5.41, 5.74) is 0.563. The highest BCUT2D eigenvalue weighted by Gasteiger charge is 2.42. The van der Waals surface area contributed by atoms with Crippen molar-refractivity contribution in [3.63, 3.8) is 0 Å². The van der Waals surface area contributed by atoms with Crippen LogP contribution in [-0.4, -0.2) is 42.3 Å². The minimum atomic E-state index is -0.621. The van der Waals surface area contributed by atoms with Crippen molar-refractivity contribution in [3.8, 4) is 0 Å². The first kappa shape index (κ1) is 15.3. The van der Waals surface area contributed by atoms with Crippen molar-refractivity contribution < 1.29 is 19.1 Å². The number of esters is 1. The van der Waals surface area contributed by atoms with Crippen LogP contribution >= 0.6 is 11.6 Å². The number of anilines is 1. The highest BCUT2D eigenvalue weighted by Crippen LogP contribution is 2.28. The van der Waals surface area contributed by atoms with Crippen LogP contribution in [0.2, 0.25) is 0 Å². The van der Waals surface area contributed by atoms with Gasteiger partial charge in [0.05, 0.1) is 31.7 Å². The first-order chi connectivity index (χ1) is 10.1. The van der Waals surface area contributed by atoms with Crippen LogP contribution in [0.1, 0.15) is 6.42 Å². The molecule has 6 nitrogen and oxygen atoms in total. The molecule has 1 saturated heterocycles. The van der Waals surface area contributed by atoms with E-state index in [-0.39, 0.29) is 30.7 Å². The number of benzene rings is 1. The van der Waals surface area contributed by atoms with Gasteiger partial charge in [-0.05, 0) is 12.1 Å². The molecule has 0 aliphatic carbocycles. The molecule has 112 valence electrons. The van der Waals surface area contributed by atoms with Crippen molar-refractivity contribution in [2.75, 3.05) is 24.5 Å². The van der Waals surface area contributed by atoms with E-state index in [1.165, 1.54) is 17.1 Å². The number of ether oxygens (including phenoxy) is 1. The number of nitrogens with zero attached hydrogens (tertiary/aromatic N) is 2. The zero-order valence-corrected chi connectivity index (χ0v) is 12.2. The van der Waals surface area contributed by atoms with Crippen LogP contribution in [0.3, 0.4) is 0 Å². The standard InChI is InChI=1S/C14H15ClN2O4/c1-21-13(19)7-10-9-16(12(18)8-15)17(14(10)20)11-5-3-2-4-6-11/h2-6,10H,7-9H2,1H3. The molecule has 0 aromatic heterocycles. The molecule has 2 rings (SSSR count). The Morgan fingerprint density at radius 1 is 1.33 bits per heavy atom. The molecular weight excluding hydrogens is 296 g/mol. The molecular formula is C14H15ClN2O4. The highest BCUT2D eigenvalue weighted by atomic mass is 35.5. The van der Waals surface area contributed by atoms with Gasteiger partial charge in [-0.15, -0.1) is 11.6 Å². The number of hydrogen-bond acceptors (Lipinski definition) is 4. The number of para-hydroxylation sites is 1. The van der Waals surface area contributed by atoms with Gasteiger partial charge in [0, 0.05) is 0 Å². The van der Waals surface area contributed by atoms with E-state index >= 15 is 0 Å². The van der Waals surface area contributed by atoms with E-state index in [0.29, 0.717) is 5.69 Å². The summed E-state index contributed by atoms with van der Waals surface area (Å²) in [5, 5.41) is 2.55. The van der Waals surface area contributed by atoms with Crippen molar-refractivity contribution >= 4 is 35.1 Å². The minimum Gasteiger partial charge on any atom is -0.469 e. The number of carbonyl (C=O) groups excluding carboxylic acids is 3. The van der Waals surface area contributed by atoms with Crippen LogP contribution < -0.4 is 5.01 Å². The van der Waals surface area contributed by atoms with Crippen molar-refractivity contribution in [1.82, 2.24) is 5.01 Å². The predicted molar refractivity (Wildman–Crippen MR) is 76.5 cm³/mol. The second-order valence-electron chi connectivity index (χ2n) is 4.57. The molecule has 1 aliphatic rings. The number of alkyl halides is 1. The van der Waals surface area contributed by atoms with E-state index in [1.54, 1.807) is 24.3 Å². The maximum absolute atomic E-state index is 12.5. The van der Waals surface area contributed by atoms with Crippen molar-refractivity contribution in [3.05, 3.63) is 30.3 Å². The average Bonchev–Trinajstić information content (AvgIpc) is 2.84. The summed E-state index contributed by atoms with van der Waals surface area (Å²) in [6.07, 6.45) is -0.0647. The van der Waals surface area contributed by atoms with Gasteiger partial charge in [-0.3, -0.25) is 14.4 Å². The highest BCUT2D eigenvalue weighted by molar-refractivity contribution is 6.27. The normalized spacial score (nSPS) is 18.0. The lowest BCUT2D eigenvalue weighted by Gasteiger charge is -2.27. The van der Waals surface area contributed by atoms with Gasteiger partial charge in [0.15, 0.2) is 0 Å². The fourth-order valence-electron chi connectivity index (χ4n) is 2.21. The largest absolute Gasteiger partial charge is 0.469 e. The summed E-state index contributed by atoms with van der Waals surface area (Å²) < 4.78 is 4.58. The molecule has 1 fully saturated rings. The first-order valence-corrected chi connectivity index (χ1v) is 6.94. The Morgan fingerprint density at radius 3 is 2.57 bits per heavy atom. The monoisotopic (exact) mass is 310 g/mol. The Morgan fingerprint density at radius 2 is 2.00 bits per heavy atom. The zero-order valence-electron chi connectivity index (χ0n) is 11.5. The zero-order chi connectivity index (χ0) is 15.4. The molecule has 1 aliphatic heterocycles. The fourth-order valence-corrected chi connectivity index (χ4v) is 2.35. The summed E-state index contributed by atoms with van der Waals surface area (Å²) in [6.45, 7) is 0.119. The lowest BCUT2D eigenvalue weighted by Crippen LogP contribution is -2.43. The molecule has 0 spiro atoms. The summed E-state index contributed by atoms with van der Waals surface area (Å²) in [4.78, 5) is 35.8. The number of hydrogen-bond donors (Lipinski definition) is 0. The molecule has 0 N–H and O–H groups in total. The van der Waals surface area contributed by atoms with Crippen LogP contribution in [0.5, 0.6) is 0 Å². The van der Waals surface area contributed by atoms with E-state index in [0.717, 1.165) is 0 Å². The first-order valence-electron chi connectivity index (χ1n) is 6.40. The van der Waals surface area contributed by atoms with Crippen molar-refractivity contribution in [2.45, 2.75) is 6.42 Å². The Hall–Kier alpha value is -2.08. The molecule has 0 saturated carbocycles. The predicted octanol–water partition coefficient (Wildman–Crippen LogP) is 1.19. The summed E-state index contributed by atoms with van der Waals surface area (Å²) in [6, 6.07) is 8.77. The third kappa shape index (κ3) is 3.16. The molecule has 0 bridgehead atoms. The molecule has 1 aromatic rings. The van der Waals surface area contributed by atoms with Crippen molar-refractivity contribution in [2.24, 2.45) is 5.92 Å². The Bertz CT molecular complexity index is 549. The van der Waals surface area contributed by atoms with Gasteiger partial charge in [0.2, 0.25) is 0 Å². The number of methoxy groups -OCH3 is 1. The van der Waals surface area contributed by atoms with Crippen LogP contribution in [-0.2, 0) is 19.1 Å². The number of halogens is 1. The Balaban J connectivity index is 2.28. The van der Waals surface area contributed by atoms with E-state index in [4.69, 9.17) is 11.6 Å². The molecule has 0 radical (unpaired) electrons.